The molecule has 0 aliphatic heterocycles. The molecule has 0 spiro atoms. The number of aromatic nitrogens is 2. The predicted molar refractivity (Wildman–Crippen MR) is 91.5 cm³/mol. The van der Waals surface area contributed by atoms with Gasteiger partial charge in [-0.3, -0.25) is 0 Å². The molecule has 2 aromatic carbocycles. The van der Waals surface area contributed by atoms with Crippen LogP contribution in [0.15, 0.2) is 54.7 Å². The van der Waals surface area contributed by atoms with Gasteiger partial charge in [0.05, 0.1) is 10.7 Å². The molecule has 0 saturated heterocycles. The van der Waals surface area contributed by atoms with Crippen molar-refractivity contribution in [1.82, 2.24) is 9.97 Å². The van der Waals surface area contributed by atoms with Crippen LogP contribution < -0.4 is 10.6 Å². The van der Waals surface area contributed by atoms with Crippen LogP contribution in [0.1, 0.15) is 5.56 Å². The average molecular weight is 383 g/mol. The zero-order valence-electron chi connectivity index (χ0n) is 13.0. The molecule has 0 saturated carbocycles. The first-order valence-corrected chi connectivity index (χ1v) is 7.69. The van der Waals surface area contributed by atoms with Crippen LogP contribution in [-0.4, -0.2) is 9.97 Å². The number of hydrogen-bond acceptors (Lipinski definition) is 4. The van der Waals surface area contributed by atoms with Gasteiger partial charge in [-0.2, -0.15) is 18.2 Å². The molecule has 0 fully saturated rings. The Bertz CT molecular complexity index is 913. The van der Waals surface area contributed by atoms with Crippen molar-refractivity contribution in [2.75, 3.05) is 10.6 Å². The Morgan fingerprint density at radius 2 is 1.62 bits per heavy atom. The van der Waals surface area contributed by atoms with E-state index in [0.717, 1.165) is 0 Å². The summed E-state index contributed by atoms with van der Waals surface area (Å²) in [5, 5.41) is 5.54. The van der Waals surface area contributed by atoms with E-state index in [4.69, 9.17) is 11.6 Å². The first-order chi connectivity index (χ1) is 12.3. The summed E-state index contributed by atoms with van der Waals surface area (Å²) in [6.45, 7) is 0. The van der Waals surface area contributed by atoms with Crippen LogP contribution in [0.5, 0.6) is 0 Å². The minimum Gasteiger partial charge on any atom is -0.338 e. The molecule has 1 heterocycles. The molecular weight excluding hydrogens is 372 g/mol. The summed E-state index contributed by atoms with van der Waals surface area (Å²) in [5.74, 6) is -0.977. The van der Waals surface area contributed by atoms with Crippen molar-refractivity contribution in [3.05, 3.63) is 71.1 Å². The highest BCUT2D eigenvalue weighted by Gasteiger charge is 2.35. The number of alkyl halides is 3. The Morgan fingerprint density at radius 3 is 2.27 bits per heavy atom. The van der Waals surface area contributed by atoms with E-state index in [2.05, 4.69) is 20.6 Å². The quantitative estimate of drug-likeness (QED) is 0.562. The summed E-state index contributed by atoms with van der Waals surface area (Å²) >= 11 is 5.99. The molecule has 0 amide bonds. The first-order valence-electron chi connectivity index (χ1n) is 7.31. The number of nitrogens with zero attached hydrogens (tertiary/aromatic N) is 2. The van der Waals surface area contributed by atoms with Crippen LogP contribution in [0, 0.1) is 5.82 Å². The zero-order chi connectivity index (χ0) is 18.7. The van der Waals surface area contributed by atoms with Gasteiger partial charge in [-0.25, -0.2) is 9.37 Å². The molecular formula is C17H11ClF4N4. The lowest BCUT2D eigenvalue weighted by atomic mass is 10.2. The Morgan fingerprint density at radius 1 is 0.923 bits per heavy atom. The lowest BCUT2D eigenvalue weighted by molar-refractivity contribution is -0.137. The number of benzene rings is 2. The summed E-state index contributed by atoms with van der Waals surface area (Å²) in [7, 11) is 0. The normalized spacial score (nSPS) is 11.3. The van der Waals surface area contributed by atoms with Crippen molar-refractivity contribution in [1.29, 1.82) is 0 Å². The largest absolute Gasteiger partial charge is 0.421 e. The van der Waals surface area contributed by atoms with Gasteiger partial charge < -0.3 is 10.6 Å². The van der Waals surface area contributed by atoms with Gasteiger partial charge in [0.15, 0.2) is 0 Å². The monoisotopic (exact) mass is 382 g/mol. The summed E-state index contributed by atoms with van der Waals surface area (Å²) in [6.07, 6.45) is -3.99. The van der Waals surface area contributed by atoms with Crippen LogP contribution in [0.3, 0.4) is 0 Å². The lowest BCUT2D eigenvalue weighted by Crippen LogP contribution is -2.12. The van der Waals surface area contributed by atoms with Crippen molar-refractivity contribution in [2.45, 2.75) is 6.18 Å². The van der Waals surface area contributed by atoms with E-state index in [1.807, 2.05) is 0 Å². The molecule has 0 aliphatic carbocycles. The van der Waals surface area contributed by atoms with Gasteiger partial charge in [0.1, 0.15) is 17.2 Å². The molecule has 0 atom stereocenters. The fourth-order valence-corrected chi connectivity index (χ4v) is 2.28. The number of anilines is 4. The van der Waals surface area contributed by atoms with Crippen LogP contribution >= 0.6 is 11.6 Å². The van der Waals surface area contributed by atoms with E-state index in [1.165, 1.54) is 36.4 Å². The maximum atomic E-state index is 13.2. The first kappa shape index (κ1) is 17.9. The predicted octanol–water partition coefficient (Wildman–Crippen LogP) is 5.78. The molecule has 9 heteroatoms. The minimum absolute atomic E-state index is 0.0841. The van der Waals surface area contributed by atoms with Crippen LogP contribution in [0.4, 0.5) is 40.7 Å². The van der Waals surface area contributed by atoms with Crippen LogP contribution in [-0.2, 0) is 6.18 Å². The van der Waals surface area contributed by atoms with E-state index < -0.39 is 23.4 Å². The van der Waals surface area contributed by atoms with Gasteiger partial charge in [-0.05, 0) is 36.4 Å². The van der Waals surface area contributed by atoms with E-state index >= 15 is 0 Å². The summed E-state index contributed by atoms with van der Waals surface area (Å²) < 4.78 is 52.7. The second-order valence-corrected chi connectivity index (χ2v) is 5.60. The van der Waals surface area contributed by atoms with Crippen LogP contribution in [0.25, 0.3) is 0 Å². The van der Waals surface area contributed by atoms with E-state index in [0.29, 0.717) is 11.9 Å². The fourth-order valence-electron chi connectivity index (χ4n) is 2.10. The molecule has 1 aromatic heterocycles. The standard InChI is InChI=1S/C17H11ClF4N4/c18-13-3-1-2-4-14(13)25-15-12(17(20,21)22)9-23-16(26-15)24-11-7-5-10(19)6-8-11/h1-9H,(H2,23,24,25,26). The SMILES string of the molecule is Fc1ccc(Nc2ncc(C(F)(F)F)c(Nc3ccccc3Cl)n2)cc1. The highest BCUT2D eigenvalue weighted by atomic mass is 35.5. The van der Waals surface area contributed by atoms with Crippen molar-refractivity contribution >= 4 is 34.7 Å². The molecule has 0 aliphatic rings. The van der Waals surface area contributed by atoms with Gasteiger partial charge in [0, 0.05) is 11.9 Å². The number of hydrogen-bond donors (Lipinski definition) is 2. The average Bonchev–Trinajstić information content (AvgIpc) is 2.58. The summed E-state index contributed by atoms with van der Waals surface area (Å²) in [6, 6.07) is 11.6. The van der Waals surface area contributed by atoms with Crippen molar-refractivity contribution in [3.8, 4) is 0 Å². The molecule has 4 nitrogen and oxygen atoms in total. The lowest BCUT2D eigenvalue weighted by Gasteiger charge is -2.15. The zero-order valence-corrected chi connectivity index (χ0v) is 13.7. The third kappa shape index (κ3) is 4.20. The maximum Gasteiger partial charge on any atom is 0.421 e. The second kappa shape index (κ2) is 7.17. The maximum absolute atomic E-state index is 13.2. The highest BCUT2D eigenvalue weighted by Crippen LogP contribution is 2.36. The fraction of sp³-hybridized carbons (Fsp3) is 0.0588. The number of nitrogens with one attached hydrogen (secondary N) is 2. The van der Waals surface area contributed by atoms with Crippen molar-refractivity contribution in [3.63, 3.8) is 0 Å². The molecule has 134 valence electrons. The second-order valence-electron chi connectivity index (χ2n) is 5.19. The highest BCUT2D eigenvalue weighted by molar-refractivity contribution is 6.33. The van der Waals surface area contributed by atoms with E-state index in [9.17, 15) is 17.6 Å². The van der Waals surface area contributed by atoms with Crippen LogP contribution in [0.2, 0.25) is 5.02 Å². The van der Waals surface area contributed by atoms with E-state index in [1.54, 1.807) is 12.1 Å². The minimum atomic E-state index is -4.65. The summed E-state index contributed by atoms with van der Waals surface area (Å²) in [4.78, 5) is 7.57. The Balaban J connectivity index is 1.96. The van der Waals surface area contributed by atoms with Crippen molar-refractivity contribution < 1.29 is 17.6 Å². The number of rotatable bonds is 4. The van der Waals surface area contributed by atoms with Crippen molar-refractivity contribution in [2.24, 2.45) is 0 Å². The Labute approximate surface area is 150 Å². The number of para-hydroxylation sites is 1. The molecule has 3 aromatic rings. The van der Waals surface area contributed by atoms with Gasteiger partial charge >= 0.3 is 6.18 Å². The molecule has 3 rings (SSSR count). The number of halogens is 5. The van der Waals surface area contributed by atoms with Gasteiger partial charge in [0.25, 0.3) is 0 Å². The molecule has 0 radical (unpaired) electrons. The third-order valence-corrected chi connectivity index (χ3v) is 3.65. The Kier molecular flexibility index (Phi) is 4.94. The molecule has 0 bridgehead atoms. The van der Waals surface area contributed by atoms with Gasteiger partial charge in [-0.1, -0.05) is 23.7 Å². The topological polar surface area (TPSA) is 49.8 Å². The third-order valence-electron chi connectivity index (χ3n) is 3.32. The summed E-state index contributed by atoms with van der Waals surface area (Å²) in [5.41, 5.74) is -0.344. The van der Waals surface area contributed by atoms with E-state index in [-0.39, 0.29) is 16.7 Å². The van der Waals surface area contributed by atoms with Gasteiger partial charge in [0.2, 0.25) is 5.95 Å². The van der Waals surface area contributed by atoms with Gasteiger partial charge in [-0.15, -0.1) is 0 Å². The Hall–Kier alpha value is -2.87. The smallest absolute Gasteiger partial charge is 0.338 e. The molecule has 0 unspecified atom stereocenters. The molecule has 2 N–H and O–H groups in total. The molecule has 26 heavy (non-hydrogen) atoms.